The highest BCUT2D eigenvalue weighted by Gasteiger charge is 2.35. The van der Waals surface area contributed by atoms with Crippen LogP contribution in [0.25, 0.3) is 0 Å². The molecule has 23 heavy (non-hydrogen) atoms. The van der Waals surface area contributed by atoms with Gasteiger partial charge in [0.2, 0.25) is 5.91 Å². The van der Waals surface area contributed by atoms with Crippen LogP contribution in [0.3, 0.4) is 0 Å². The summed E-state index contributed by atoms with van der Waals surface area (Å²) in [5.41, 5.74) is 7.20. The lowest BCUT2D eigenvalue weighted by Crippen LogP contribution is -2.34. The number of carbonyl (C=O) groups is 2. The van der Waals surface area contributed by atoms with Gasteiger partial charge in [-0.1, -0.05) is 6.92 Å². The minimum Gasteiger partial charge on any atom is -0.338 e. The van der Waals surface area contributed by atoms with Gasteiger partial charge >= 0.3 is 0 Å². The standard InChI is InChI=1S/C16H21N3O2S.ClH/c1-16(9-17)5-6-19(10-16)15(21)11-2-3-13-12(8-11)18-14(20)4-7-22-13;/h2-3,8H,4-7,9-10,17H2,1H3,(H,18,20);1H. The summed E-state index contributed by atoms with van der Waals surface area (Å²) in [7, 11) is 0. The third kappa shape index (κ3) is 3.82. The number of fused-ring (bicyclic) bond motifs is 1. The van der Waals surface area contributed by atoms with Gasteiger partial charge in [-0.3, -0.25) is 9.59 Å². The molecule has 0 spiro atoms. The number of nitrogens with zero attached hydrogens (tertiary/aromatic N) is 1. The maximum Gasteiger partial charge on any atom is 0.253 e. The van der Waals surface area contributed by atoms with Crippen molar-refractivity contribution in [3.63, 3.8) is 0 Å². The van der Waals surface area contributed by atoms with Crippen LogP contribution in [0.5, 0.6) is 0 Å². The molecule has 0 aromatic heterocycles. The fourth-order valence-electron chi connectivity index (χ4n) is 2.90. The van der Waals surface area contributed by atoms with Crippen LogP contribution in [-0.2, 0) is 4.79 Å². The molecule has 2 amide bonds. The van der Waals surface area contributed by atoms with Crippen LogP contribution >= 0.6 is 24.2 Å². The Balaban J connectivity index is 0.00000192. The molecule has 0 saturated carbocycles. The molecule has 1 aromatic carbocycles. The number of amides is 2. The van der Waals surface area contributed by atoms with E-state index >= 15 is 0 Å². The van der Waals surface area contributed by atoms with Crippen molar-refractivity contribution in [3.05, 3.63) is 23.8 Å². The number of hydrogen-bond acceptors (Lipinski definition) is 4. The molecule has 126 valence electrons. The van der Waals surface area contributed by atoms with Gasteiger partial charge in [0.1, 0.15) is 0 Å². The molecule has 3 rings (SSSR count). The smallest absolute Gasteiger partial charge is 0.253 e. The second kappa shape index (κ2) is 7.11. The van der Waals surface area contributed by atoms with Crippen molar-refractivity contribution in [3.8, 4) is 0 Å². The van der Waals surface area contributed by atoms with Crippen molar-refractivity contribution >= 4 is 41.7 Å². The van der Waals surface area contributed by atoms with E-state index in [-0.39, 0.29) is 29.6 Å². The van der Waals surface area contributed by atoms with Gasteiger partial charge in [0.25, 0.3) is 5.91 Å². The van der Waals surface area contributed by atoms with Gasteiger partial charge in [0.05, 0.1) is 5.69 Å². The van der Waals surface area contributed by atoms with Gasteiger partial charge in [-0.25, -0.2) is 0 Å². The minimum atomic E-state index is 0. The number of nitrogens with two attached hydrogens (primary N) is 1. The summed E-state index contributed by atoms with van der Waals surface area (Å²) in [5, 5.41) is 2.89. The van der Waals surface area contributed by atoms with Crippen molar-refractivity contribution in [1.29, 1.82) is 0 Å². The molecule has 2 aliphatic heterocycles. The topological polar surface area (TPSA) is 75.4 Å². The molecule has 1 fully saturated rings. The van der Waals surface area contributed by atoms with E-state index in [1.165, 1.54) is 0 Å². The summed E-state index contributed by atoms with van der Waals surface area (Å²) in [4.78, 5) is 27.2. The molecule has 1 unspecified atom stereocenters. The molecule has 1 saturated heterocycles. The van der Waals surface area contributed by atoms with E-state index in [0.717, 1.165) is 29.3 Å². The normalized spacial score (nSPS) is 23.6. The number of rotatable bonds is 2. The maximum absolute atomic E-state index is 12.7. The molecule has 5 nitrogen and oxygen atoms in total. The summed E-state index contributed by atoms with van der Waals surface area (Å²) in [6, 6.07) is 5.58. The van der Waals surface area contributed by atoms with Crippen LogP contribution in [0.15, 0.2) is 23.1 Å². The average molecular weight is 356 g/mol. The Labute approximate surface area is 146 Å². The third-order valence-corrected chi connectivity index (χ3v) is 5.50. The number of nitrogens with one attached hydrogen (secondary N) is 1. The summed E-state index contributed by atoms with van der Waals surface area (Å²) < 4.78 is 0. The Morgan fingerprint density at radius 1 is 1.48 bits per heavy atom. The first-order valence-corrected chi connectivity index (χ1v) is 8.55. The predicted octanol–water partition coefficient (Wildman–Crippen LogP) is 2.35. The highest BCUT2D eigenvalue weighted by molar-refractivity contribution is 7.99. The van der Waals surface area contributed by atoms with E-state index in [4.69, 9.17) is 5.73 Å². The molecule has 7 heteroatoms. The first-order valence-electron chi connectivity index (χ1n) is 7.57. The van der Waals surface area contributed by atoms with E-state index in [1.807, 2.05) is 17.0 Å². The molecule has 1 atom stereocenters. The van der Waals surface area contributed by atoms with E-state index in [2.05, 4.69) is 12.2 Å². The van der Waals surface area contributed by atoms with Gasteiger partial charge < -0.3 is 16.0 Å². The number of benzene rings is 1. The van der Waals surface area contributed by atoms with Crippen molar-refractivity contribution in [2.24, 2.45) is 11.1 Å². The van der Waals surface area contributed by atoms with Crippen LogP contribution in [0.2, 0.25) is 0 Å². The minimum absolute atomic E-state index is 0. The van der Waals surface area contributed by atoms with Gasteiger partial charge in [-0.2, -0.15) is 0 Å². The number of carbonyl (C=O) groups excluding carboxylic acids is 2. The number of hydrogen-bond donors (Lipinski definition) is 2. The maximum atomic E-state index is 12.7. The van der Waals surface area contributed by atoms with E-state index in [1.54, 1.807) is 17.8 Å². The van der Waals surface area contributed by atoms with Crippen molar-refractivity contribution < 1.29 is 9.59 Å². The van der Waals surface area contributed by atoms with Crippen LogP contribution in [-0.4, -0.2) is 42.1 Å². The van der Waals surface area contributed by atoms with Crippen LogP contribution in [0.4, 0.5) is 5.69 Å². The van der Waals surface area contributed by atoms with Crippen LogP contribution in [0.1, 0.15) is 30.1 Å². The molecule has 2 heterocycles. The fourth-order valence-corrected chi connectivity index (χ4v) is 3.84. The Bertz CT molecular complexity index is 625. The van der Waals surface area contributed by atoms with E-state index in [0.29, 0.717) is 25.1 Å². The number of thioether (sulfide) groups is 1. The highest BCUT2D eigenvalue weighted by Crippen LogP contribution is 2.33. The predicted molar refractivity (Wildman–Crippen MR) is 95.3 cm³/mol. The van der Waals surface area contributed by atoms with Crippen molar-refractivity contribution in [2.75, 3.05) is 30.7 Å². The summed E-state index contributed by atoms with van der Waals surface area (Å²) >= 11 is 1.64. The molecular weight excluding hydrogens is 334 g/mol. The molecular formula is C16H22ClN3O2S. The van der Waals surface area contributed by atoms with Crippen molar-refractivity contribution in [1.82, 2.24) is 4.90 Å². The third-order valence-electron chi connectivity index (χ3n) is 4.43. The van der Waals surface area contributed by atoms with Gasteiger partial charge in [0, 0.05) is 35.7 Å². The monoisotopic (exact) mass is 355 g/mol. The zero-order valence-corrected chi connectivity index (χ0v) is 14.8. The molecule has 0 radical (unpaired) electrons. The molecule has 2 aliphatic rings. The second-order valence-electron chi connectivity index (χ2n) is 6.35. The van der Waals surface area contributed by atoms with E-state index in [9.17, 15) is 9.59 Å². The summed E-state index contributed by atoms with van der Waals surface area (Å²) in [6.07, 6.45) is 1.44. The number of likely N-dealkylation sites (tertiary alicyclic amines) is 1. The zero-order chi connectivity index (χ0) is 15.7. The van der Waals surface area contributed by atoms with Crippen LogP contribution in [0, 0.1) is 5.41 Å². The van der Waals surface area contributed by atoms with Gasteiger partial charge in [-0.05, 0) is 36.6 Å². The Kier molecular flexibility index (Phi) is 5.60. The molecule has 1 aromatic rings. The van der Waals surface area contributed by atoms with Gasteiger partial charge in [0.15, 0.2) is 0 Å². The first kappa shape index (κ1) is 18.1. The van der Waals surface area contributed by atoms with E-state index < -0.39 is 0 Å². The fraction of sp³-hybridized carbons (Fsp3) is 0.500. The van der Waals surface area contributed by atoms with Gasteiger partial charge in [-0.15, -0.1) is 24.2 Å². The second-order valence-corrected chi connectivity index (χ2v) is 7.49. The largest absolute Gasteiger partial charge is 0.338 e. The SMILES string of the molecule is CC1(CN)CCN(C(=O)c2ccc3c(c2)NC(=O)CCS3)C1.Cl. The lowest BCUT2D eigenvalue weighted by atomic mass is 9.90. The Hall–Kier alpha value is -1.24. The summed E-state index contributed by atoms with van der Waals surface area (Å²) in [5.74, 6) is 0.795. The lowest BCUT2D eigenvalue weighted by Gasteiger charge is -2.22. The molecule has 0 bridgehead atoms. The first-order chi connectivity index (χ1) is 10.5. The van der Waals surface area contributed by atoms with Crippen LogP contribution < -0.4 is 11.1 Å². The highest BCUT2D eigenvalue weighted by atomic mass is 35.5. The summed E-state index contributed by atoms with van der Waals surface area (Å²) in [6.45, 7) is 4.15. The average Bonchev–Trinajstić information content (AvgIpc) is 2.81. The zero-order valence-electron chi connectivity index (χ0n) is 13.1. The Morgan fingerprint density at radius 3 is 2.96 bits per heavy atom. The number of anilines is 1. The number of halogens is 1. The molecule has 0 aliphatic carbocycles. The molecule has 3 N–H and O–H groups in total. The Morgan fingerprint density at radius 2 is 2.26 bits per heavy atom. The van der Waals surface area contributed by atoms with Crippen molar-refractivity contribution in [2.45, 2.75) is 24.7 Å². The lowest BCUT2D eigenvalue weighted by molar-refractivity contribution is -0.115. The quantitative estimate of drug-likeness (QED) is 0.853.